The summed E-state index contributed by atoms with van der Waals surface area (Å²) in [5.74, 6) is -1.83. The Balaban J connectivity index is 1.78. The third kappa shape index (κ3) is 4.86. The van der Waals surface area contributed by atoms with Crippen molar-refractivity contribution < 1.29 is 14.0 Å². The van der Waals surface area contributed by atoms with E-state index in [9.17, 15) is 14.0 Å². The van der Waals surface area contributed by atoms with Crippen LogP contribution < -0.4 is 10.6 Å². The summed E-state index contributed by atoms with van der Waals surface area (Å²) < 4.78 is 15.2. The van der Waals surface area contributed by atoms with Gasteiger partial charge in [-0.25, -0.2) is 9.37 Å². The van der Waals surface area contributed by atoms with Gasteiger partial charge in [-0.3, -0.25) is 19.7 Å². The van der Waals surface area contributed by atoms with Crippen LogP contribution in [0.5, 0.6) is 0 Å². The van der Waals surface area contributed by atoms with Crippen LogP contribution in [-0.4, -0.2) is 51.4 Å². The lowest BCUT2D eigenvalue weighted by molar-refractivity contribution is 0.102. The molecular formula is C20H19ClFN7O2. The highest BCUT2D eigenvalue weighted by Gasteiger charge is 2.20. The number of nitrogens with zero attached hydrogens (tertiary/aromatic N) is 4. The minimum atomic E-state index is -0.793. The molecule has 0 atom stereocenters. The maximum absolute atomic E-state index is 13.9. The van der Waals surface area contributed by atoms with Crippen molar-refractivity contribution in [3.63, 3.8) is 0 Å². The molecule has 2 heterocycles. The van der Waals surface area contributed by atoms with E-state index in [4.69, 9.17) is 17.0 Å². The number of aryl methyl sites for hydroxylation is 1. The Kier molecular flexibility index (Phi) is 6.30. The zero-order valence-electron chi connectivity index (χ0n) is 16.9. The van der Waals surface area contributed by atoms with Crippen molar-refractivity contribution in [2.75, 3.05) is 24.7 Å². The van der Waals surface area contributed by atoms with Crippen LogP contribution in [0.15, 0.2) is 42.7 Å². The molecule has 2 amide bonds. The predicted molar refractivity (Wildman–Crippen MR) is 115 cm³/mol. The van der Waals surface area contributed by atoms with E-state index in [-0.39, 0.29) is 22.2 Å². The van der Waals surface area contributed by atoms with Gasteiger partial charge in [0.15, 0.2) is 11.6 Å². The molecule has 0 fully saturated rings. The summed E-state index contributed by atoms with van der Waals surface area (Å²) in [7, 11) is 5.06. The van der Waals surface area contributed by atoms with Gasteiger partial charge >= 0.3 is 0 Å². The fourth-order valence-electron chi connectivity index (χ4n) is 2.65. The van der Waals surface area contributed by atoms with Gasteiger partial charge in [-0.1, -0.05) is 23.7 Å². The Morgan fingerprint density at radius 2 is 1.74 bits per heavy atom. The molecule has 11 heteroatoms. The van der Waals surface area contributed by atoms with Crippen LogP contribution in [0, 0.1) is 11.2 Å². The number of nitrogens with one attached hydrogen (secondary N) is 3. The highest BCUT2D eigenvalue weighted by atomic mass is 35.5. The molecule has 0 aliphatic rings. The highest BCUT2D eigenvalue weighted by molar-refractivity contribution is 6.30. The van der Waals surface area contributed by atoms with Crippen molar-refractivity contribution in [3.8, 4) is 0 Å². The van der Waals surface area contributed by atoms with Crippen molar-refractivity contribution in [2.45, 2.75) is 0 Å². The van der Waals surface area contributed by atoms with Crippen molar-refractivity contribution in [2.24, 2.45) is 7.05 Å². The SMILES string of the molecule is CN(C)C(=N)c1ccc(C(=O)Nc2c(C(=O)Nc3ncc(Cl)cc3F)cnn2C)cc1. The Bertz CT molecular complexity index is 1160. The topological polar surface area (TPSA) is 116 Å². The summed E-state index contributed by atoms with van der Waals surface area (Å²) in [6.45, 7) is 0. The van der Waals surface area contributed by atoms with Crippen LogP contribution in [0.1, 0.15) is 26.3 Å². The van der Waals surface area contributed by atoms with Gasteiger partial charge in [-0.15, -0.1) is 0 Å². The predicted octanol–water partition coefficient (Wildman–Crippen LogP) is 3.00. The van der Waals surface area contributed by atoms with Gasteiger partial charge in [0, 0.05) is 38.5 Å². The molecule has 3 N–H and O–H groups in total. The normalized spacial score (nSPS) is 10.5. The molecule has 0 aliphatic carbocycles. The lowest BCUT2D eigenvalue weighted by Crippen LogP contribution is -2.22. The van der Waals surface area contributed by atoms with E-state index in [2.05, 4.69) is 20.7 Å². The second-order valence-corrected chi connectivity index (χ2v) is 7.18. The summed E-state index contributed by atoms with van der Waals surface area (Å²) >= 11 is 5.67. The molecule has 9 nitrogen and oxygen atoms in total. The third-order valence-electron chi connectivity index (χ3n) is 4.32. The van der Waals surface area contributed by atoms with Crippen molar-refractivity contribution >= 4 is 40.9 Å². The second kappa shape index (κ2) is 8.92. The number of rotatable bonds is 5. The van der Waals surface area contributed by atoms with Crippen molar-refractivity contribution in [1.29, 1.82) is 5.41 Å². The molecular weight excluding hydrogens is 425 g/mol. The van der Waals surface area contributed by atoms with E-state index < -0.39 is 17.6 Å². The third-order valence-corrected chi connectivity index (χ3v) is 4.53. The Morgan fingerprint density at radius 3 is 2.35 bits per heavy atom. The molecule has 160 valence electrons. The standard InChI is InChI=1S/C20H19ClFN7O2/c1-28(2)16(23)11-4-6-12(7-5-11)19(30)27-18-14(10-25-29(18)3)20(31)26-17-15(22)8-13(21)9-24-17/h4-10,23H,1-3H3,(H,27,30)(H,24,26,31). The maximum Gasteiger partial charge on any atom is 0.262 e. The molecule has 0 aliphatic heterocycles. The van der Waals surface area contributed by atoms with Gasteiger partial charge in [0.25, 0.3) is 11.8 Å². The zero-order valence-corrected chi connectivity index (χ0v) is 17.7. The molecule has 3 aromatic rings. The summed E-state index contributed by atoms with van der Waals surface area (Å²) in [5, 5.41) is 17.0. The number of anilines is 2. The fourth-order valence-corrected chi connectivity index (χ4v) is 2.80. The van der Waals surface area contributed by atoms with Gasteiger partial charge < -0.3 is 15.5 Å². The minimum absolute atomic E-state index is 0.0259. The van der Waals surface area contributed by atoms with Gasteiger partial charge in [0.05, 0.1) is 11.2 Å². The average Bonchev–Trinajstić information content (AvgIpc) is 3.09. The lowest BCUT2D eigenvalue weighted by Gasteiger charge is -2.14. The van der Waals surface area contributed by atoms with Crippen molar-refractivity contribution in [1.82, 2.24) is 19.7 Å². The van der Waals surface area contributed by atoms with E-state index in [0.29, 0.717) is 17.0 Å². The van der Waals surface area contributed by atoms with Gasteiger partial charge in [0.2, 0.25) is 0 Å². The summed E-state index contributed by atoms with van der Waals surface area (Å²) in [6, 6.07) is 7.49. The number of pyridine rings is 1. The number of amides is 2. The quantitative estimate of drug-likeness (QED) is 0.414. The van der Waals surface area contributed by atoms with Gasteiger partial charge in [-0.05, 0) is 18.2 Å². The number of hydrogen-bond acceptors (Lipinski definition) is 5. The molecule has 0 spiro atoms. The number of carbonyl (C=O) groups is 2. The van der Waals surface area contributed by atoms with E-state index in [0.717, 1.165) is 6.07 Å². The highest BCUT2D eigenvalue weighted by Crippen LogP contribution is 2.20. The molecule has 31 heavy (non-hydrogen) atoms. The minimum Gasteiger partial charge on any atom is -0.363 e. The first kappa shape index (κ1) is 21.9. The van der Waals surface area contributed by atoms with E-state index in [1.807, 2.05) is 0 Å². The summed E-state index contributed by atoms with van der Waals surface area (Å²) in [6.07, 6.45) is 2.45. The van der Waals surface area contributed by atoms with Gasteiger partial charge in [-0.2, -0.15) is 5.10 Å². The Hall–Kier alpha value is -3.79. The zero-order chi connectivity index (χ0) is 22.7. The van der Waals surface area contributed by atoms with Crippen LogP contribution in [0.4, 0.5) is 16.0 Å². The number of aromatic nitrogens is 3. The molecule has 3 rings (SSSR count). The molecule has 2 aromatic heterocycles. The van der Waals surface area contributed by atoms with Crippen molar-refractivity contribution in [3.05, 3.63) is 70.3 Å². The average molecular weight is 444 g/mol. The van der Waals surface area contributed by atoms with E-state index in [1.54, 1.807) is 50.3 Å². The number of amidine groups is 1. The second-order valence-electron chi connectivity index (χ2n) is 6.74. The monoisotopic (exact) mass is 443 g/mol. The number of hydrogen-bond donors (Lipinski definition) is 3. The maximum atomic E-state index is 13.9. The summed E-state index contributed by atoms with van der Waals surface area (Å²) in [4.78, 5) is 30.7. The summed E-state index contributed by atoms with van der Waals surface area (Å²) in [5.41, 5.74) is 1.01. The van der Waals surface area contributed by atoms with Crippen LogP contribution in [0.2, 0.25) is 5.02 Å². The number of benzene rings is 1. The molecule has 0 saturated carbocycles. The lowest BCUT2D eigenvalue weighted by atomic mass is 10.1. The largest absolute Gasteiger partial charge is 0.363 e. The molecule has 1 aromatic carbocycles. The Morgan fingerprint density at radius 1 is 1.10 bits per heavy atom. The fraction of sp³-hybridized carbons (Fsp3) is 0.150. The molecule has 0 radical (unpaired) electrons. The van der Waals surface area contributed by atoms with E-state index in [1.165, 1.54) is 17.1 Å². The van der Waals surface area contributed by atoms with Crippen LogP contribution in [-0.2, 0) is 7.05 Å². The molecule has 0 saturated heterocycles. The number of carbonyl (C=O) groups excluding carboxylic acids is 2. The van der Waals surface area contributed by atoms with Crippen LogP contribution >= 0.6 is 11.6 Å². The number of halogens is 2. The van der Waals surface area contributed by atoms with E-state index >= 15 is 0 Å². The van der Waals surface area contributed by atoms with Crippen LogP contribution in [0.3, 0.4) is 0 Å². The Labute approximate surface area is 182 Å². The van der Waals surface area contributed by atoms with Gasteiger partial charge in [0.1, 0.15) is 17.2 Å². The first-order valence-electron chi connectivity index (χ1n) is 8.99. The first-order chi connectivity index (χ1) is 14.7. The molecule has 0 unspecified atom stereocenters. The first-order valence-corrected chi connectivity index (χ1v) is 9.37. The molecule has 0 bridgehead atoms. The van der Waals surface area contributed by atoms with Crippen LogP contribution in [0.25, 0.3) is 0 Å². The smallest absolute Gasteiger partial charge is 0.262 e.